The Kier molecular flexibility index (Phi) is 7.36. The van der Waals surface area contributed by atoms with E-state index in [0.29, 0.717) is 0 Å². The van der Waals surface area contributed by atoms with Gasteiger partial charge in [-0.2, -0.15) is 0 Å². The molecule has 1 aliphatic rings. The van der Waals surface area contributed by atoms with E-state index in [-0.39, 0.29) is 19.1 Å². The van der Waals surface area contributed by atoms with Crippen LogP contribution in [0.25, 0.3) is 0 Å². The van der Waals surface area contributed by atoms with Crippen LogP contribution in [-0.4, -0.2) is 71.0 Å². The molecule has 1 aromatic rings. The molecule has 1 fully saturated rings. The number of β-amino-alcohol motifs (C(OH)–C–C–N with tert-alkyl or cyclic N) is 1. The zero-order valence-corrected chi connectivity index (χ0v) is 16.1. The van der Waals surface area contributed by atoms with E-state index in [9.17, 15) is 24.6 Å². The molecule has 1 aliphatic heterocycles. The van der Waals surface area contributed by atoms with Gasteiger partial charge in [-0.3, -0.25) is 4.79 Å². The van der Waals surface area contributed by atoms with E-state index >= 15 is 0 Å². The number of hydrogen-bond donors (Lipinski definition) is 3. The lowest BCUT2D eigenvalue weighted by Crippen LogP contribution is -2.55. The Morgan fingerprint density at radius 3 is 2.43 bits per heavy atom. The molecule has 9 heteroatoms. The molecular formula is C19H26N2O7. The molecule has 3 N–H and O–H groups in total. The molecule has 0 spiro atoms. The smallest absolute Gasteiger partial charge is 0.408 e. The Hall–Kier alpha value is -2.65. The number of carbonyl (C=O) groups is 3. The number of nitrogens with zero attached hydrogens (tertiary/aromatic N) is 1. The first-order valence-electron chi connectivity index (χ1n) is 8.98. The lowest BCUT2D eigenvalue weighted by atomic mass is 10.0. The Labute approximate surface area is 163 Å². The van der Waals surface area contributed by atoms with Crippen molar-refractivity contribution >= 4 is 18.0 Å². The average Bonchev–Trinajstić information content (AvgIpc) is 2.98. The minimum Gasteiger partial charge on any atom is -0.467 e. The van der Waals surface area contributed by atoms with Gasteiger partial charge in [-0.05, 0) is 11.5 Å². The van der Waals surface area contributed by atoms with E-state index in [2.05, 4.69) is 10.1 Å². The Morgan fingerprint density at radius 1 is 1.21 bits per heavy atom. The predicted molar refractivity (Wildman–Crippen MR) is 97.9 cm³/mol. The van der Waals surface area contributed by atoms with Crippen molar-refractivity contribution in [1.29, 1.82) is 0 Å². The first-order chi connectivity index (χ1) is 13.3. The van der Waals surface area contributed by atoms with Gasteiger partial charge in [0, 0.05) is 0 Å². The second-order valence-electron chi connectivity index (χ2n) is 6.94. The summed E-state index contributed by atoms with van der Waals surface area (Å²) in [6.07, 6.45) is -3.54. The van der Waals surface area contributed by atoms with E-state index in [1.165, 1.54) is 0 Å². The van der Waals surface area contributed by atoms with E-state index in [1.807, 2.05) is 18.2 Å². The maximum atomic E-state index is 12.9. The molecule has 28 heavy (non-hydrogen) atoms. The Bertz CT molecular complexity index is 695. The molecule has 0 bridgehead atoms. The molecule has 2 amide bonds. The highest BCUT2D eigenvalue weighted by atomic mass is 16.5. The van der Waals surface area contributed by atoms with Crippen LogP contribution in [0, 0.1) is 5.92 Å². The van der Waals surface area contributed by atoms with Crippen LogP contribution in [0.5, 0.6) is 0 Å². The number of hydrogen-bond acceptors (Lipinski definition) is 7. The number of methoxy groups -OCH3 is 1. The summed E-state index contributed by atoms with van der Waals surface area (Å²) < 4.78 is 9.77. The van der Waals surface area contributed by atoms with E-state index < -0.39 is 42.3 Å². The third-order valence-corrected chi connectivity index (χ3v) is 4.58. The molecule has 0 saturated carbocycles. The number of likely N-dealkylation sites (tertiary alicyclic amines) is 1. The van der Waals surface area contributed by atoms with Gasteiger partial charge in [0.2, 0.25) is 5.91 Å². The largest absolute Gasteiger partial charge is 0.467 e. The molecule has 1 heterocycles. The molecule has 0 unspecified atom stereocenters. The van der Waals surface area contributed by atoms with Gasteiger partial charge in [0.25, 0.3) is 0 Å². The number of aliphatic hydroxyl groups is 2. The van der Waals surface area contributed by atoms with Crippen LogP contribution in [0.2, 0.25) is 0 Å². The minimum absolute atomic E-state index is 0.0393. The van der Waals surface area contributed by atoms with Gasteiger partial charge in [0.1, 0.15) is 24.9 Å². The standard InChI is InChI=1S/C19H26N2O7/c1-11(2)14(20-19(26)28-10-12-7-5-4-6-8-12)17(24)21-9-13(22)16(23)15(21)18(25)27-3/h4-8,11,13-16,22-23H,9-10H2,1-3H3,(H,20,26)/t13-,14-,15-,16-/m0/s1. The Morgan fingerprint density at radius 2 is 1.86 bits per heavy atom. The number of amides is 2. The monoisotopic (exact) mass is 394 g/mol. The summed E-state index contributed by atoms with van der Waals surface area (Å²) in [5.74, 6) is -1.78. The number of carbonyl (C=O) groups excluding carboxylic acids is 3. The zero-order valence-electron chi connectivity index (χ0n) is 16.1. The molecule has 1 saturated heterocycles. The van der Waals surface area contributed by atoms with Crippen molar-refractivity contribution in [3.05, 3.63) is 35.9 Å². The second kappa shape index (κ2) is 9.52. The lowest BCUT2D eigenvalue weighted by Gasteiger charge is -2.29. The molecule has 154 valence electrons. The normalized spacial score (nSPS) is 22.6. The van der Waals surface area contributed by atoms with Crippen LogP contribution >= 0.6 is 0 Å². The molecule has 2 rings (SSSR count). The summed E-state index contributed by atoms with van der Waals surface area (Å²) >= 11 is 0. The number of aliphatic hydroxyl groups excluding tert-OH is 2. The second-order valence-corrected chi connectivity index (χ2v) is 6.94. The maximum Gasteiger partial charge on any atom is 0.408 e. The van der Waals surface area contributed by atoms with Gasteiger partial charge in [-0.1, -0.05) is 44.2 Å². The number of benzene rings is 1. The third-order valence-electron chi connectivity index (χ3n) is 4.58. The van der Waals surface area contributed by atoms with Crippen molar-refractivity contribution in [1.82, 2.24) is 10.2 Å². The summed E-state index contributed by atoms with van der Waals surface area (Å²) in [5, 5.41) is 22.4. The Balaban J connectivity index is 2.06. The van der Waals surface area contributed by atoms with Crippen LogP contribution in [0.3, 0.4) is 0 Å². The number of rotatable bonds is 6. The SMILES string of the molecule is COC(=O)[C@@H]1[C@@H](O)[C@@H](O)CN1C(=O)[C@@H](NC(=O)OCc1ccccc1)C(C)C. The number of esters is 1. The van der Waals surface area contributed by atoms with Crippen molar-refractivity contribution in [2.24, 2.45) is 5.92 Å². The van der Waals surface area contributed by atoms with Crippen molar-refractivity contribution in [3.8, 4) is 0 Å². The molecule has 0 aromatic heterocycles. The number of alkyl carbamates (subject to hydrolysis) is 1. The van der Waals surface area contributed by atoms with Crippen LogP contribution in [-0.2, 0) is 25.7 Å². The molecule has 1 aromatic carbocycles. The van der Waals surface area contributed by atoms with Gasteiger partial charge >= 0.3 is 12.1 Å². The summed E-state index contributed by atoms with van der Waals surface area (Å²) in [4.78, 5) is 38.1. The van der Waals surface area contributed by atoms with Crippen molar-refractivity contribution in [3.63, 3.8) is 0 Å². The van der Waals surface area contributed by atoms with E-state index in [0.717, 1.165) is 17.6 Å². The van der Waals surface area contributed by atoms with Crippen molar-refractivity contribution in [2.45, 2.75) is 44.7 Å². The fraction of sp³-hybridized carbons (Fsp3) is 0.526. The van der Waals surface area contributed by atoms with Crippen LogP contribution in [0.4, 0.5) is 4.79 Å². The van der Waals surface area contributed by atoms with Crippen LogP contribution in [0.15, 0.2) is 30.3 Å². The van der Waals surface area contributed by atoms with Crippen LogP contribution in [0.1, 0.15) is 19.4 Å². The summed E-state index contributed by atoms with van der Waals surface area (Å²) in [7, 11) is 1.13. The minimum atomic E-state index is -1.46. The quantitative estimate of drug-likeness (QED) is 0.582. The highest BCUT2D eigenvalue weighted by molar-refractivity contribution is 5.91. The lowest BCUT2D eigenvalue weighted by molar-refractivity contribution is -0.155. The summed E-state index contributed by atoms with van der Waals surface area (Å²) in [6.45, 7) is 3.23. The molecule has 0 aliphatic carbocycles. The number of ether oxygens (including phenoxy) is 2. The number of nitrogens with one attached hydrogen (secondary N) is 1. The van der Waals surface area contributed by atoms with Crippen molar-refractivity contribution in [2.75, 3.05) is 13.7 Å². The fourth-order valence-electron chi connectivity index (χ4n) is 3.02. The highest BCUT2D eigenvalue weighted by Crippen LogP contribution is 2.22. The van der Waals surface area contributed by atoms with E-state index in [4.69, 9.17) is 4.74 Å². The van der Waals surface area contributed by atoms with Gasteiger partial charge in [-0.25, -0.2) is 9.59 Å². The van der Waals surface area contributed by atoms with Crippen LogP contribution < -0.4 is 5.32 Å². The van der Waals surface area contributed by atoms with Gasteiger partial charge in [-0.15, -0.1) is 0 Å². The molecule has 9 nitrogen and oxygen atoms in total. The fourth-order valence-corrected chi connectivity index (χ4v) is 3.02. The summed E-state index contributed by atoms with van der Waals surface area (Å²) in [5.41, 5.74) is 0.793. The molecule has 0 radical (unpaired) electrons. The third kappa shape index (κ3) is 4.99. The zero-order chi connectivity index (χ0) is 20.8. The average molecular weight is 394 g/mol. The molecule has 4 atom stereocenters. The van der Waals surface area contributed by atoms with Gasteiger partial charge < -0.3 is 29.9 Å². The summed E-state index contributed by atoms with van der Waals surface area (Å²) in [6, 6.07) is 6.72. The van der Waals surface area contributed by atoms with E-state index in [1.54, 1.807) is 26.0 Å². The highest BCUT2D eigenvalue weighted by Gasteiger charge is 2.49. The van der Waals surface area contributed by atoms with Gasteiger partial charge in [0.05, 0.1) is 13.7 Å². The van der Waals surface area contributed by atoms with Crippen molar-refractivity contribution < 1.29 is 34.1 Å². The first-order valence-corrected chi connectivity index (χ1v) is 8.98. The van der Waals surface area contributed by atoms with Gasteiger partial charge in [0.15, 0.2) is 6.04 Å². The first kappa shape index (κ1) is 21.6. The molecular weight excluding hydrogens is 368 g/mol. The predicted octanol–water partition coefficient (Wildman–Crippen LogP) is 0.0430. The maximum absolute atomic E-state index is 12.9. The topological polar surface area (TPSA) is 125 Å².